The molecule has 0 unspecified atom stereocenters. The molecule has 0 saturated carbocycles. The standard InChI is InChI=1S/2C28H14N4O2.2C8H8O.CH4/c33-27-19-13-15(9-11-17(19)25-29-21-5-1-3-7-23(21)31(25)27)16-10-12-18-20(14-16)28(34)32-24-8-4-2-6-22(24)30-26(18)32;33-27-19-7-3-1-5-17(19)25-29-21-13-15(9-11-23(21)31(25)27)16-10-12-24-22(14-16)30-26-18-6-2-4-8-20(18)28(34)32(24)26;2*1-7(9)8-5-3-2-4-6-8;/h2*1-14H;2*2-6H,1H3;1H4. The van der Waals surface area contributed by atoms with Gasteiger partial charge in [-0.05, 0) is 121 Å². The van der Waals surface area contributed by atoms with Gasteiger partial charge in [0.15, 0.2) is 11.6 Å². The third-order valence-corrected chi connectivity index (χ3v) is 16.0. The van der Waals surface area contributed by atoms with Crippen LogP contribution in [0.4, 0.5) is 0 Å². The first-order chi connectivity index (χ1) is 42.0. The van der Waals surface area contributed by atoms with E-state index in [1.54, 1.807) is 32.1 Å². The molecular formula is C73H48N8O6. The van der Waals surface area contributed by atoms with Gasteiger partial charge in [0.25, 0.3) is 23.6 Å². The van der Waals surface area contributed by atoms with Crippen molar-refractivity contribution in [3.05, 3.63) is 264 Å². The van der Waals surface area contributed by atoms with Crippen LogP contribution in [0.5, 0.6) is 0 Å². The molecule has 10 aromatic carbocycles. The first-order valence-corrected chi connectivity index (χ1v) is 27.8. The lowest BCUT2D eigenvalue weighted by Crippen LogP contribution is -2.06. The largest absolute Gasteiger partial charge is 0.295 e. The highest BCUT2D eigenvalue weighted by Crippen LogP contribution is 2.42. The lowest BCUT2D eigenvalue weighted by atomic mass is 9.96. The molecule has 0 atom stereocenters. The number of hydrogen-bond acceptors (Lipinski definition) is 10. The van der Waals surface area contributed by atoms with Gasteiger partial charge in [0.2, 0.25) is 0 Å². The molecule has 0 radical (unpaired) electrons. The molecular weight excluding hydrogens is 1080 g/mol. The van der Waals surface area contributed by atoms with Crippen LogP contribution in [0.15, 0.2) is 231 Å². The first kappa shape index (κ1) is 53.1. The maximum Gasteiger partial charge on any atom is 0.264 e. The molecule has 0 aliphatic carbocycles. The summed E-state index contributed by atoms with van der Waals surface area (Å²) >= 11 is 0. The number of carbonyl (C=O) groups excluding carboxylic acids is 6. The third kappa shape index (κ3) is 8.56. The summed E-state index contributed by atoms with van der Waals surface area (Å²) in [6.07, 6.45) is 0. The van der Waals surface area contributed by atoms with Crippen molar-refractivity contribution in [3.63, 3.8) is 0 Å². The molecule has 14 nitrogen and oxygen atoms in total. The Morgan fingerprint density at radius 2 is 0.552 bits per heavy atom. The predicted molar refractivity (Wildman–Crippen MR) is 337 cm³/mol. The molecule has 416 valence electrons. The number of hydrogen-bond donors (Lipinski definition) is 0. The molecule has 0 fully saturated rings. The third-order valence-electron chi connectivity index (χ3n) is 16.0. The zero-order valence-electron chi connectivity index (χ0n) is 46.0. The number of aromatic nitrogens is 8. The molecule has 87 heavy (non-hydrogen) atoms. The number of imidazole rings is 4. The summed E-state index contributed by atoms with van der Waals surface area (Å²) in [6.45, 7) is 3.13. The fourth-order valence-corrected chi connectivity index (χ4v) is 11.9. The van der Waals surface area contributed by atoms with Crippen LogP contribution in [0, 0.1) is 0 Å². The smallest absolute Gasteiger partial charge is 0.264 e. The summed E-state index contributed by atoms with van der Waals surface area (Å²) in [6, 6.07) is 72.5. The van der Waals surface area contributed by atoms with E-state index in [4.69, 9.17) is 9.97 Å². The van der Waals surface area contributed by atoms with Crippen LogP contribution in [0.1, 0.15) is 83.4 Å². The molecule has 0 saturated heterocycles. The van der Waals surface area contributed by atoms with Crippen molar-refractivity contribution in [2.24, 2.45) is 0 Å². The number of carbonyl (C=O) groups is 6. The van der Waals surface area contributed by atoms with Gasteiger partial charge in [-0.2, -0.15) is 0 Å². The Labute approximate surface area is 496 Å². The summed E-state index contributed by atoms with van der Waals surface area (Å²) in [5, 5.41) is 0. The normalized spacial score (nSPS) is 12.3. The van der Waals surface area contributed by atoms with Gasteiger partial charge >= 0.3 is 0 Å². The fraction of sp³-hybridized carbons (Fsp3) is 0.0411. The zero-order chi connectivity index (χ0) is 58.5. The van der Waals surface area contributed by atoms with Gasteiger partial charge in [0, 0.05) is 33.4 Å². The molecule has 0 spiro atoms. The Balaban J connectivity index is 0.000000119. The van der Waals surface area contributed by atoms with Crippen molar-refractivity contribution in [1.82, 2.24) is 38.2 Å². The van der Waals surface area contributed by atoms with Crippen molar-refractivity contribution in [1.29, 1.82) is 0 Å². The van der Waals surface area contributed by atoms with Gasteiger partial charge in [-0.15, -0.1) is 0 Å². The Morgan fingerprint density at radius 1 is 0.276 bits per heavy atom. The van der Waals surface area contributed by atoms with Crippen molar-refractivity contribution < 1.29 is 28.8 Å². The SMILES string of the molecule is C.CC(=O)c1ccccc1.CC(=O)c1ccccc1.O=C1c2cc(-c3ccc4c(c3)C(=O)n3c-4nc4ccccc43)ccc2-c2nc3ccccc3n21.O=C1c2ccccc2-c2nc3cc(-c4ccc5c(c4)nc4n5C(=O)c5ccccc5-4)ccc3n21. The number of fused-ring (bicyclic) bond motifs is 20. The summed E-state index contributed by atoms with van der Waals surface area (Å²) in [4.78, 5) is 92.6. The Hall–Kier alpha value is -11.9. The van der Waals surface area contributed by atoms with Crippen molar-refractivity contribution >= 4 is 79.3 Å². The fourth-order valence-electron chi connectivity index (χ4n) is 11.9. The molecule has 4 aliphatic rings. The summed E-state index contributed by atoms with van der Waals surface area (Å²) in [5.74, 6) is 2.72. The lowest BCUT2D eigenvalue weighted by Gasteiger charge is -2.06. The lowest BCUT2D eigenvalue weighted by molar-refractivity contribution is 0.0965. The molecule has 4 aromatic heterocycles. The second-order valence-electron chi connectivity index (χ2n) is 21.1. The Morgan fingerprint density at radius 3 is 0.920 bits per heavy atom. The maximum atomic E-state index is 13.3. The van der Waals surface area contributed by atoms with Crippen LogP contribution in [-0.2, 0) is 0 Å². The highest BCUT2D eigenvalue weighted by Gasteiger charge is 2.34. The highest BCUT2D eigenvalue weighted by atomic mass is 16.2. The van der Waals surface area contributed by atoms with E-state index in [-0.39, 0.29) is 42.6 Å². The van der Waals surface area contributed by atoms with E-state index in [9.17, 15) is 28.8 Å². The van der Waals surface area contributed by atoms with Crippen molar-refractivity contribution in [3.8, 4) is 67.8 Å². The molecule has 4 aliphatic heterocycles. The first-order valence-electron chi connectivity index (χ1n) is 27.8. The maximum absolute atomic E-state index is 13.3. The van der Waals surface area contributed by atoms with E-state index in [0.717, 1.165) is 99.8 Å². The number of ketones is 2. The molecule has 18 rings (SSSR count). The minimum Gasteiger partial charge on any atom is -0.295 e. The molecule has 0 bridgehead atoms. The van der Waals surface area contributed by atoms with Gasteiger partial charge in [-0.1, -0.05) is 153 Å². The minimum atomic E-state index is -0.0793. The molecule has 0 N–H and O–H groups in total. The van der Waals surface area contributed by atoms with Gasteiger partial charge in [-0.25, -0.2) is 19.9 Å². The monoisotopic (exact) mass is 1130 g/mol. The van der Waals surface area contributed by atoms with Gasteiger partial charge in [0.05, 0.1) is 66.4 Å². The van der Waals surface area contributed by atoms with Gasteiger partial charge in [0.1, 0.15) is 23.3 Å². The number of benzene rings is 10. The second kappa shape index (κ2) is 20.8. The Kier molecular flexibility index (Phi) is 12.7. The summed E-state index contributed by atoms with van der Waals surface area (Å²) in [7, 11) is 0. The average molecular weight is 1130 g/mol. The quantitative estimate of drug-likeness (QED) is 0.154. The van der Waals surface area contributed by atoms with Crippen LogP contribution in [-0.4, -0.2) is 73.4 Å². The van der Waals surface area contributed by atoms with E-state index in [1.807, 2.05) is 231 Å². The number of para-hydroxylation sites is 4. The molecule has 8 heterocycles. The van der Waals surface area contributed by atoms with Gasteiger partial charge < -0.3 is 0 Å². The zero-order valence-corrected chi connectivity index (χ0v) is 46.0. The van der Waals surface area contributed by atoms with Gasteiger partial charge in [-0.3, -0.25) is 47.0 Å². The van der Waals surface area contributed by atoms with E-state index in [1.165, 1.54) is 0 Å². The molecule has 14 aromatic rings. The second-order valence-corrected chi connectivity index (χ2v) is 21.1. The average Bonchev–Trinajstić information content (AvgIpc) is 1.63. The van der Waals surface area contributed by atoms with E-state index in [2.05, 4.69) is 9.97 Å². The topological polar surface area (TPSA) is 174 Å². The van der Waals surface area contributed by atoms with E-state index in [0.29, 0.717) is 45.6 Å². The van der Waals surface area contributed by atoms with Crippen LogP contribution < -0.4 is 0 Å². The Bertz CT molecular complexity index is 4950. The summed E-state index contributed by atoms with van der Waals surface area (Å²) < 4.78 is 6.74. The van der Waals surface area contributed by atoms with Crippen LogP contribution in [0.3, 0.4) is 0 Å². The number of nitrogens with zero attached hydrogens (tertiary/aromatic N) is 8. The molecule has 0 amide bonds. The highest BCUT2D eigenvalue weighted by molar-refractivity contribution is 6.17. The minimum absolute atomic E-state index is 0. The number of rotatable bonds is 4. The van der Waals surface area contributed by atoms with Crippen LogP contribution in [0.25, 0.3) is 112 Å². The van der Waals surface area contributed by atoms with E-state index < -0.39 is 0 Å². The van der Waals surface area contributed by atoms with Crippen molar-refractivity contribution in [2.45, 2.75) is 21.3 Å². The molecule has 14 heteroatoms. The van der Waals surface area contributed by atoms with E-state index >= 15 is 0 Å². The van der Waals surface area contributed by atoms with Crippen LogP contribution >= 0.6 is 0 Å². The number of Topliss-reactive ketones (excluding diaryl/α,β-unsaturated/α-hetero) is 2. The van der Waals surface area contributed by atoms with Crippen LogP contribution in [0.2, 0.25) is 0 Å². The predicted octanol–water partition coefficient (Wildman–Crippen LogP) is 15.2. The van der Waals surface area contributed by atoms with Crippen molar-refractivity contribution in [2.75, 3.05) is 0 Å². The summed E-state index contributed by atoms with van der Waals surface area (Å²) in [5.41, 5.74) is 17.6.